The molecule has 1 aliphatic heterocycles. The minimum absolute atomic E-state index is 0.665. The molecule has 1 N–H and O–H groups in total. The predicted octanol–water partition coefficient (Wildman–Crippen LogP) is 1.84. The lowest BCUT2D eigenvalue weighted by Crippen LogP contribution is -2.19. The molecule has 1 aliphatic rings. The molecule has 1 aromatic rings. The second kappa shape index (κ2) is 5.84. The number of hydrogen-bond donors (Lipinski definition) is 1. The summed E-state index contributed by atoms with van der Waals surface area (Å²) in [5, 5.41) is 5.03. The van der Waals surface area contributed by atoms with Crippen LogP contribution >= 0.6 is 11.8 Å². The second-order valence-electron chi connectivity index (χ2n) is 3.73. The van der Waals surface area contributed by atoms with Gasteiger partial charge in [-0.3, -0.25) is 4.99 Å². The summed E-state index contributed by atoms with van der Waals surface area (Å²) in [6.07, 6.45) is 5.80. The molecular formula is C11H16N4S. The average molecular weight is 236 g/mol. The maximum atomic E-state index is 4.48. The van der Waals surface area contributed by atoms with Crippen molar-refractivity contribution in [1.29, 1.82) is 0 Å². The normalized spacial score (nSPS) is 19.6. The van der Waals surface area contributed by atoms with Crippen LogP contribution in [0.1, 0.15) is 25.5 Å². The van der Waals surface area contributed by atoms with E-state index < -0.39 is 0 Å². The van der Waals surface area contributed by atoms with Crippen LogP contribution in [0.2, 0.25) is 0 Å². The summed E-state index contributed by atoms with van der Waals surface area (Å²) in [4.78, 5) is 12.5. The van der Waals surface area contributed by atoms with Gasteiger partial charge in [0.05, 0.1) is 18.8 Å². The van der Waals surface area contributed by atoms with E-state index in [-0.39, 0.29) is 0 Å². The number of nitrogens with one attached hydrogen (secondary N) is 1. The highest BCUT2D eigenvalue weighted by atomic mass is 32.2. The molecule has 1 atom stereocenters. The van der Waals surface area contributed by atoms with Gasteiger partial charge in [-0.1, -0.05) is 25.1 Å². The molecule has 1 aromatic heterocycles. The minimum atomic E-state index is 0.665. The van der Waals surface area contributed by atoms with Gasteiger partial charge in [-0.25, -0.2) is 9.97 Å². The molecule has 0 saturated carbocycles. The third-order valence-electron chi connectivity index (χ3n) is 2.39. The molecule has 1 unspecified atom stereocenters. The first kappa shape index (κ1) is 11.4. The van der Waals surface area contributed by atoms with Gasteiger partial charge in [0.2, 0.25) is 0 Å². The largest absolute Gasteiger partial charge is 0.359 e. The summed E-state index contributed by atoms with van der Waals surface area (Å²) in [6.45, 7) is 3.89. The number of amidine groups is 1. The highest BCUT2D eigenvalue weighted by molar-refractivity contribution is 8.14. The molecule has 0 amide bonds. The quantitative estimate of drug-likeness (QED) is 0.866. The Kier molecular flexibility index (Phi) is 4.16. The van der Waals surface area contributed by atoms with Gasteiger partial charge in [0.25, 0.3) is 0 Å². The van der Waals surface area contributed by atoms with Crippen LogP contribution in [0.25, 0.3) is 0 Å². The first-order chi connectivity index (χ1) is 7.88. The second-order valence-corrected chi connectivity index (χ2v) is 5.02. The maximum absolute atomic E-state index is 4.48. The van der Waals surface area contributed by atoms with E-state index in [2.05, 4.69) is 27.2 Å². The summed E-state index contributed by atoms with van der Waals surface area (Å²) in [6, 6.07) is 1.91. The standard InChI is InChI=1S/C11H16N4S/c1-2-3-10-7-14-11(16-10)13-6-9-4-5-12-8-15-9/h4-5,8,10H,2-3,6-7H2,1H3,(H,13,14). The number of aromatic nitrogens is 2. The number of rotatable bonds is 4. The van der Waals surface area contributed by atoms with Gasteiger partial charge in [-0.2, -0.15) is 0 Å². The molecular weight excluding hydrogens is 220 g/mol. The van der Waals surface area contributed by atoms with Crippen LogP contribution in [0.5, 0.6) is 0 Å². The Morgan fingerprint density at radius 2 is 2.50 bits per heavy atom. The zero-order valence-corrected chi connectivity index (χ0v) is 10.2. The van der Waals surface area contributed by atoms with Gasteiger partial charge < -0.3 is 5.32 Å². The molecule has 86 valence electrons. The summed E-state index contributed by atoms with van der Waals surface area (Å²) in [7, 11) is 0. The lowest BCUT2D eigenvalue weighted by molar-refractivity contribution is 0.753. The van der Waals surface area contributed by atoms with Crippen molar-refractivity contribution >= 4 is 16.9 Å². The molecule has 0 bridgehead atoms. The Morgan fingerprint density at radius 1 is 1.56 bits per heavy atom. The lowest BCUT2D eigenvalue weighted by Gasteiger charge is -2.07. The molecule has 0 aliphatic carbocycles. The minimum Gasteiger partial charge on any atom is -0.359 e. The number of nitrogens with zero attached hydrogens (tertiary/aromatic N) is 3. The fourth-order valence-corrected chi connectivity index (χ4v) is 2.70. The van der Waals surface area contributed by atoms with Crippen molar-refractivity contribution in [3.63, 3.8) is 0 Å². The molecule has 2 rings (SSSR count). The summed E-state index contributed by atoms with van der Waals surface area (Å²) >= 11 is 1.85. The fraction of sp³-hybridized carbons (Fsp3) is 0.545. The molecule has 2 heterocycles. The van der Waals surface area contributed by atoms with E-state index in [0.29, 0.717) is 5.25 Å². The first-order valence-electron chi connectivity index (χ1n) is 5.58. The Labute approximate surface area is 100.0 Å². The van der Waals surface area contributed by atoms with E-state index in [0.717, 1.165) is 24.0 Å². The topological polar surface area (TPSA) is 50.2 Å². The molecule has 0 radical (unpaired) electrons. The van der Waals surface area contributed by atoms with E-state index in [9.17, 15) is 0 Å². The first-order valence-corrected chi connectivity index (χ1v) is 6.46. The van der Waals surface area contributed by atoms with E-state index >= 15 is 0 Å². The van der Waals surface area contributed by atoms with Crippen molar-refractivity contribution in [2.45, 2.75) is 31.6 Å². The fourth-order valence-electron chi connectivity index (χ4n) is 1.58. The third-order valence-corrected chi connectivity index (χ3v) is 3.61. The average Bonchev–Trinajstić information content (AvgIpc) is 2.76. The van der Waals surface area contributed by atoms with Crippen molar-refractivity contribution in [1.82, 2.24) is 15.3 Å². The van der Waals surface area contributed by atoms with Crippen molar-refractivity contribution in [2.24, 2.45) is 4.99 Å². The molecule has 0 fully saturated rings. The zero-order chi connectivity index (χ0) is 11.2. The Hall–Kier alpha value is -1.10. The van der Waals surface area contributed by atoms with E-state index in [1.807, 2.05) is 17.8 Å². The predicted molar refractivity (Wildman–Crippen MR) is 67.5 cm³/mol. The van der Waals surface area contributed by atoms with Gasteiger partial charge in [-0.15, -0.1) is 0 Å². The Balaban J connectivity index is 1.76. The van der Waals surface area contributed by atoms with Gasteiger partial charge in [0, 0.05) is 11.4 Å². The van der Waals surface area contributed by atoms with Crippen LogP contribution in [0.15, 0.2) is 23.6 Å². The van der Waals surface area contributed by atoms with Crippen molar-refractivity contribution in [3.8, 4) is 0 Å². The Bertz CT molecular complexity index is 352. The van der Waals surface area contributed by atoms with Crippen LogP contribution in [0.4, 0.5) is 0 Å². The number of thioether (sulfide) groups is 1. The molecule has 4 nitrogen and oxygen atoms in total. The van der Waals surface area contributed by atoms with Gasteiger partial charge in [0.1, 0.15) is 6.33 Å². The third kappa shape index (κ3) is 3.20. The van der Waals surface area contributed by atoms with Crippen LogP contribution in [-0.4, -0.2) is 26.9 Å². The number of hydrogen-bond acceptors (Lipinski definition) is 5. The summed E-state index contributed by atoms with van der Waals surface area (Å²) in [5.41, 5.74) is 0.997. The summed E-state index contributed by atoms with van der Waals surface area (Å²) in [5.74, 6) is 0. The van der Waals surface area contributed by atoms with Crippen molar-refractivity contribution in [2.75, 3.05) is 6.54 Å². The zero-order valence-electron chi connectivity index (χ0n) is 9.39. The monoisotopic (exact) mass is 236 g/mol. The maximum Gasteiger partial charge on any atom is 0.157 e. The highest BCUT2D eigenvalue weighted by Crippen LogP contribution is 2.23. The van der Waals surface area contributed by atoms with Crippen LogP contribution < -0.4 is 5.32 Å². The molecule has 16 heavy (non-hydrogen) atoms. The smallest absolute Gasteiger partial charge is 0.157 e. The van der Waals surface area contributed by atoms with Crippen molar-refractivity contribution < 1.29 is 0 Å². The molecule has 0 aromatic carbocycles. The Morgan fingerprint density at radius 3 is 3.25 bits per heavy atom. The van der Waals surface area contributed by atoms with E-state index in [1.165, 1.54) is 12.8 Å². The van der Waals surface area contributed by atoms with Gasteiger partial charge in [-0.05, 0) is 12.5 Å². The SMILES string of the molecule is CCCC1CN=C(NCc2ccncn2)S1. The van der Waals surface area contributed by atoms with Crippen LogP contribution in [0.3, 0.4) is 0 Å². The molecule has 5 heteroatoms. The van der Waals surface area contributed by atoms with Gasteiger partial charge >= 0.3 is 0 Å². The lowest BCUT2D eigenvalue weighted by atomic mass is 10.2. The number of aliphatic imine (C=N–C) groups is 1. The van der Waals surface area contributed by atoms with E-state index in [4.69, 9.17) is 0 Å². The molecule has 0 saturated heterocycles. The summed E-state index contributed by atoms with van der Waals surface area (Å²) < 4.78 is 0. The van der Waals surface area contributed by atoms with E-state index in [1.54, 1.807) is 12.5 Å². The van der Waals surface area contributed by atoms with Gasteiger partial charge in [0.15, 0.2) is 5.17 Å². The van der Waals surface area contributed by atoms with Crippen molar-refractivity contribution in [3.05, 3.63) is 24.3 Å². The molecule has 0 spiro atoms. The van der Waals surface area contributed by atoms with Crippen LogP contribution in [-0.2, 0) is 6.54 Å². The van der Waals surface area contributed by atoms with Crippen LogP contribution in [0, 0.1) is 0 Å². The highest BCUT2D eigenvalue weighted by Gasteiger charge is 2.18.